The smallest absolute Gasteiger partial charge is 0.220 e. The number of aliphatic hydroxyl groups is 8. The van der Waals surface area contributed by atoms with Crippen molar-refractivity contribution in [1.29, 1.82) is 0 Å². The second-order valence-electron chi connectivity index (χ2n) is 15.8. The molecule has 2 aliphatic rings. The molecule has 14 heteroatoms. The van der Waals surface area contributed by atoms with Crippen molar-refractivity contribution in [2.45, 2.75) is 216 Å². The average Bonchev–Trinajstić information content (AvgIpc) is 3.22. The molecule has 9 N–H and O–H groups in total. The second-order valence-corrected chi connectivity index (χ2v) is 15.8. The van der Waals surface area contributed by atoms with E-state index in [9.17, 15) is 45.6 Å². The summed E-state index contributed by atoms with van der Waals surface area (Å²) < 4.78 is 22.6. The molecule has 0 aromatic heterocycles. The quantitative estimate of drug-likeness (QED) is 0.0346. The number of nitrogens with one attached hydrogen (secondary N) is 1. The highest BCUT2D eigenvalue weighted by Crippen LogP contribution is 2.30. The van der Waals surface area contributed by atoms with Crippen LogP contribution in [-0.2, 0) is 23.7 Å². The lowest BCUT2D eigenvalue weighted by molar-refractivity contribution is -0.359. The van der Waals surface area contributed by atoms with Gasteiger partial charge in [0.05, 0.1) is 32.0 Å². The van der Waals surface area contributed by atoms with Gasteiger partial charge in [0.2, 0.25) is 5.91 Å². The molecule has 0 saturated carbocycles. The number of aliphatic hydroxyl groups excluding tert-OH is 8. The normalized spacial score (nSPS) is 29.1. The van der Waals surface area contributed by atoms with Gasteiger partial charge in [0.1, 0.15) is 48.8 Å². The van der Waals surface area contributed by atoms with Crippen LogP contribution in [-0.4, -0.2) is 140 Å². The van der Waals surface area contributed by atoms with Gasteiger partial charge in [-0.15, -0.1) is 0 Å². The van der Waals surface area contributed by atoms with Crippen LogP contribution in [0, 0.1) is 0 Å². The molecule has 58 heavy (non-hydrogen) atoms. The van der Waals surface area contributed by atoms with Crippen molar-refractivity contribution in [3.05, 3.63) is 36.5 Å². The summed E-state index contributed by atoms with van der Waals surface area (Å²) in [7, 11) is 0. The third-order valence-electron chi connectivity index (χ3n) is 10.8. The third-order valence-corrected chi connectivity index (χ3v) is 10.8. The highest BCUT2D eigenvalue weighted by atomic mass is 16.7. The van der Waals surface area contributed by atoms with Gasteiger partial charge in [0, 0.05) is 6.42 Å². The van der Waals surface area contributed by atoms with E-state index in [1.807, 2.05) is 6.08 Å². The standard InChI is InChI=1S/C44H79NO13/c1-3-5-7-9-11-13-15-16-17-18-19-21-23-25-27-33(48)32(45-36(49)28-26-24-22-20-14-12-10-8-6-4-2)31-55-43-41(54)39(52)42(35(30-47)57-43)58-44-40(53)38(51)37(50)34(29-46)56-44/h8,10,18-19,25,27,32-35,37-44,46-48,50-54H,3-7,9,11-17,20-24,26,28-31H2,1-2H3,(H,45,49)/b10-8-,19-18+,27-25+. The van der Waals surface area contributed by atoms with Crippen LogP contribution >= 0.6 is 0 Å². The van der Waals surface area contributed by atoms with Crippen molar-refractivity contribution >= 4 is 5.91 Å². The van der Waals surface area contributed by atoms with Crippen molar-refractivity contribution in [1.82, 2.24) is 5.32 Å². The molecule has 2 saturated heterocycles. The van der Waals surface area contributed by atoms with E-state index in [4.69, 9.17) is 18.9 Å². The molecule has 0 aliphatic carbocycles. The summed E-state index contributed by atoms with van der Waals surface area (Å²) in [6.07, 6.45) is 16.3. The van der Waals surface area contributed by atoms with Gasteiger partial charge in [-0.3, -0.25) is 4.79 Å². The summed E-state index contributed by atoms with van der Waals surface area (Å²) in [5.74, 6) is -0.265. The lowest BCUT2D eigenvalue weighted by Crippen LogP contribution is -2.65. The van der Waals surface area contributed by atoms with E-state index in [-0.39, 0.29) is 18.9 Å². The van der Waals surface area contributed by atoms with Gasteiger partial charge >= 0.3 is 0 Å². The van der Waals surface area contributed by atoms with Crippen LogP contribution in [0.4, 0.5) is 0 Å². The van der Waals surface area contributed by atoms with Gasteiger partial charge in [-0.2, -0.15) is 0 Å². The number of unbranched alkanes of at least 4 members (excludes halogenated alkanes) is 15. The molecule has 2 aliphatic heterocycles. The number of rotatable bonds is 32. The van der Waals surface area contributed by atoms with Crippen LogP contribution in [0.25, 0.3) is 0 Å². The molecule has 0 spiro atoms. The maximum absolute atomic E-state index is 13.0. The summed E-state index contributed by atoms with van der Waals surface area (Å²) >= 11 is 0. The van der Waals surface area contributed by atoms with E-state index in [0.29, 0.717) is 12.8 Å². The van der Waals surface area contributed by atoms with E-state index in [0.717, 1.165) is 57.8 Å². The maximum atomic E-state index is 13.0. The molecule has 0 radical (unpaired) electrons. The van der Waals surface area contributed by atoms with E-state index < -0.39 is 86.8 Å². The molecule has 2 heterocycles. The summed E-state index contributed by atoms with van der Waals surface area (Å²) in [6, 6.07) is -0.931. The highest BCUT2D eigenvalue weighted by Gasteiger charge is 2.50. The lowest BCUT2D eigenvalue weighted by Gasteiger charge is -2.46. The van der Waals surface area contributed by atoms with Crippen molar-refractivity contribution in [2.24, 2.45) is 0 Å². The predicted octanol–water partition coefficient (Wildman–Crippen LogP) is 3.98. The Hall–Kier alpha value is -1.79. The molecular weight excluding hydrogens is 750 g/mol. The fourth-order valence-electron chi connectivity index (χ4n) is 7.07. The Labute approximate surface area is 347 Å². The zero-order valence-corrected chi connectivity index (χ0v) is 35.3. The van der Waals surface area contributed by atoms with Crippen molar-refractivity contribution in [3.8, 4) is 0 Å². The van der Waals surface area contributed by atoms with Crippen molar-refractivity contribution in [3.63, 3.8) is 0 Å². The van der Waals surface area contributed by atoms with Crippen LogP contribution in [0.5, 0.6) is 0 Å². The van der Waals surface area contributed by atoms with Crippen LogP contribution in [0.1, 0.15) is 142 Å². The third kappa shape index (κ3) is 20.2. The molecule has 2 fully saturated rings. The molecule has 0 aromatic rings. The Morgan fingerprint density at radius 2 is 1.14 bits per heavy atom. The summed E-state index contributed by atoms with van der Waals surface area (Å²) in [5.41, 5.74) is 0. The Morgan fingerprint density at radius 1 is 0.603 bits per heavy atom. The SMILES string of the molecule is CCC/C=C\CCCCCCCC(=O)NC(COC1OC(CO)C(OC2OC(CO)C(O)C(O)C2O)C(O)C1O)C(O)/C=C/CC/C=C/CCCCCCCCCC. The minimum absolute atomic E-state index is 0.262. The van der Waals surface area contributed by atoms with Gasteiger partial charge < -0.3 is 65.1 Å². The first kappa shape index (κ1) is 52.3. The highest BCUT2D eigenvalue weighted by molar-refractivity contribution is 5.76. The zero-order chi connectivity index (χ0) is 42.5. The molecule has 0 aromatic carbocycles. The van der Waals surface area contributed by atoms with E-state index in [1.165, 1.54) is 51.4 Å². The lowest BCUT2D eigenvalue weighted by atomic mass is 9.97. The number of hydrogen-bond acceptors (Lipinski definition) is 13. The van der Waals surface area contributed by atoms with Crippen LogP contribution in [0.15, 0.2) is 36.5 Å². The van der Waals surface area contributed by atoms with Crippen LogP contribution < -0.4 is 5.32 Å². The number of amides is 1. The number of carbonyl (C=O) groups excluding carboxylic acids is 1. The second kappa shape index (κ2) is 32.0. The molecular formula is C44H79NO13. The van der Waals surface area contributed by atoms with E-state index >= 15 is 0 Å². The van der Waals surface area contributed by atoms with Crippen molar-refractivity contribution in [2.75, 3.05) is 19.8 Å². The van der Waals surface area contributed by atoms with Gasteiger partial charge in [0.25, 0.3) is 0 Å². The molecule has 14 nitrogen and oxygen atoms in total. The van der Waals surface area contributed by atoms with Gasteiger partial charge in [-0.1, -0.05) is 121 Å². The summed E-state index contributed by atoms with van der Waals surface area (Å²) in [5, 5.41) is 86.3. The Morgan fingerprint density at radius 3 is 1.76 bits per heavy atom. The monoisotopic (exact) mass is 830 g/mol. The largest absolute Gasteiger partial charge is 0.394 e. The zero-order valence-electron chi connectivity index (χ0n) is 35.3. The Bertz CT molecular complexity index is 1120. The molecule has 338 valence electrons. The fourth-order valence-corrected chi connectivity index (χ4v) is 7.07. The number of hydrogen-bond donors (Lipinski definition) is 9. The number of carbonyl (C=O) groups is 1. The van der Waals surface area contributed by atoms with E-state index in [2.05, 4.69) is 43.5 Å². The van der Waals surface area contributed by atoms with Crippen LogP contribution in [0.2, 0.25) is 0 Å². The molecule has 1 amide bonds. The number of allylic oxidation sites excluding steroid dienone is 5. The molecule has 12 unspecified atom stereocenters. The first-order chi connectivity index (χ1) is 28.1. The predicted molar refractivity (Wildman–Crippen MR) is 221 cm³/mol. The number of ether oxygens (including phenoxy) is 4. The van der Waals surface area contributed by atoms with Crippen molar-refractivity contribution < 1.29 is 64.6 Å². The fraction of sp³-hybridized carbons (Fsp3) is 0.841. The first-order valence-electron chi connectivity index (χ1n) is 22.2. The minimum Gasteiger partial charge on any atom is -0.394 e. The minimum atomic E-state index is -1.79. The average molecular weight is 830 g/mol. The first-order valence-corrected chi connectivity index (χ1v) is 22.2. The van der Waals surface area contributed by atoms with Gasteiger partial charge in [0.15, 0.2) is 12.6 Å². The van der Waals surface area contributed by atoms with Gasteiger partial charge in [-0.25, -0.2) is 0 Å². The van der Waals surface area contributed by atoms with Gasteiger partial charge in [-0.05, 0) is 51.4 Å². The molecule has 12 atom stereocenters. The van der Waals surface area contributed by atoms with Crippen LogP contribution in [0.3, 0.4) is 0 Å². The Kier molecular flexibility index (Phi) is 28.9. The summed E-state index contributed by atoms with van der Waals surface area (Å²) in [4.78, 5) is 13.0. The Balaban J connectivity index is 1.94. The molecule has 0 bridgehead atoms. The topological polar surface area (TPSA) is 228 Å². The maximum Gasteiger partial charge on any atom is 0.220 e. The molecule has 2 rings (SSSR count). The summed E-state index contributed by atoms with van der Waals surface area (Å²) in [6.45, 7) is 2.65. The van der Waals surface area contributed by atoms with E-state index in [1.54, 1.807) is 6.08 Å².